The molecule has 7 heteroatoms. The predicted molar refractivity (Wildman–Crippen MR) is 126 cm³/mol. The Morgan fingerprint density at radius 2 is 2.04 bits per heavy atom. The van der Waals surface area contributed by atoms with E-state index in [9.17, 15) is 0 Å². The number of nitrogens with one attached hydrogen (secondary N) is 2. The number of aryl methyl sites for hydroxylation is 1. The Morgan fingerprint density at radius 3 is 2.71 bits per heavy atom. The minimum absolute atomic E-state index is 0. The number of aromatic nitrogens is 1. The van der Waals surface area contributed by atoms with E-state index in [1.165, 1.54) is 24.1 Å². The van der Waals surface area contributed by atoms with Crippen LogP contribution in [0.2, 0.25) is 0 Å². The van der Waals surface area contributed by atoms with Gasteiger partial charge in [0.2, 0.25) is 0 Å². The Kier molecular flexibility index (Phi) is 9.08. The highest BCUT2D eigenvalue weighted by Gasteiger charge is 2.14. The minimum atomic E-state index is 0. The van der Waals surface area contributed by atoms with Gasteiger partial charge in [-0.2, -0.15) is 0 Å². The maximum atomic E-state index is 5.33. The summed E-state index contributed by atoms with van der Waals surface area (Å²) in [6.45, 7) is 9.90. The standard InChI is InChI=1S/C21H31N5O.HI/c1-4-18-14-20(27-25-18)15-23-21(22-5-2)24-16(3)17-9-8-10-19(13-17)26-11-6-7-12-26;/h8-10,13-14,16H,4-7,11-12,15H2,1-3H3,(H2,22,23,24);1H. The van der Waals surface area contributed by atoms with Crippen molar-refractivity contribution in [1.29, 1.82) is 0 Å². The Bertz CT molecular complexity index is 755. The molecule has 2 heterocycles. The smallest absolute Gasteiger partial charge is 0.192 e. The lowest BCUT2D eigenvalue weighted by Crippen LogP contribution is -2.38. The van der Waals surface area contributed by atoms with Crippen LogP contribution >= 0.6 is 24.0 Å². The van der Waals surface area contributed by atoms with Gasteiger partial charge in [0.25, 0.3) is 0 Å². The van der Waals surface area contributed by atoms with E-state index < -0.39 is 0 Å². The van der Waals surface area contributed by atoms with Crippen molar-refractivity contribution in [3.05, 3.63) is 47.3 Å². The zero-order valence-corrected chi connectivity index (χ0v) is 19.4. The summed E-state index contributed by atoms with van der Waals surface area (Å²) in [5.41, 5.74) is 3.54. The molecular weight excluding hydrogens is 465 g/mol. The van der Waals surface area contributed by atoms with Crippen LogP contribution in [0.25, 0.3) is 0 Å². The fourth-order valence-corrected chi connectivity index (χ4v) is 3.33. The summed E-state index contributed by atoms with van der Waals surface area (Å²) in [6, 6.07) is 10.9. The summed E-state index contributed by atoms with van der Waals surface area (Å²) in [4.78, 5) is 7.11. The van der Waals surface area contributed by atoms with E-state index in [1.807, 2.05) is 6.07 Å². The van der Waals surface area contributed by atoms with Crippen LogP contribution < -0.4 is 15.5 Å². The lowest BCUT2D eigenvalue weighted by molar-refractivity contribution is 0.379. The van der Waals surface area contributed by atoms with Crippen molar-refractivity contribution >= 4 is 35.6 Å². The van der Waals surface area contributed by atoms with E-state index in [4.69, 9.17) is 4.52 Å². The molecule has 3 rings (SSSR count). The highest BCUT2D eigenvalue weighted by atomic mass is 127. The first-order valence-electron chi connectivity index (χ1n) is 10.0. The van der Waals surface area contributed by atoms with Gasteiger partial charge in [-0.1, -0.05) is 24.2 Å². The molecule has 0 spiro atoms. The molecule has 0 bridgehead atoms. The number of hydrogen-bond acceptors (Lipinski definition) is 4. The minimum Gasteiger partial charge on any atom is -0.372 e. The Balaban J connectivity index is 0.00000280. The normalized spacial score (nSPS) is 15.2. The van der Waals surface area contributed by atoms with Crippen molar-refractivity contribution in [2.24, 2.45) is 4.99 Å². The lowest BCUT2D eigenvalue weighted by atomic mass is 10.1. The molecule has 6 nitrogen and oxygen atoms in total. The first-order chi connectivity index (χ1) is 13.2. The molecule has 1 fully saturated rings. The van der Waals surface area contributed by atoms with E-state index in [2.05, 4.69) is 70.7 Å². The number of rotatable bonds is 7. The van der Waals surface area contributed by atoms with Gasteiger partial charge >= 0.3 is 0 Å². The predicted octanol–water partition coefficient (Wildman–Crippen LogP) is 4.27. The number of hydrogen-bond donors (Lipinski definition) is 2. The van der Waals surface area contributed by atoms with E-state index >= 15 is 0 Å². The van der Waals surface area contributed by atoms with Gasteiger partial charge in [0, 0.05) is 31.4 Å². The molecule has 0 aliphatic carbocycles. The third kappa shape index (κ3) is 6.12. The van der Waals surface area contributed by atoms with E-state index in [0.717, 1.165) is 43.5 Å². The van der Waals surface area contributed by atoms with Crippen LogP contribution in [0, 0.1) is 0 Å². The van der Waals surface area contributed by atoms with Gasteiger partial charge in [-0.05, 0) is 50.8 Å². The molecule has 1 aromatic carbocycles. The van der Waals surface area contributed by atoms with Crippen molar-refractivity contribution in [3.8, 4) is 0 Å². The number of anilines is 1. The number of nitrogens with zero attached hydrogens (tertiary/aromatic N) is 3. The molecular formula is C21H32IN5O. The summed E-state index contributed by atoms with van der Waals surface area (Å²) < 4.78 is 5.33. The molecule has 2 aromatic rings. The first-order valence-corrected chi connectivity index (χ1v) is 10.0. The summed E-state index contributed by atoms with van der Waals surface area (Å²) in [5.74, 6) is 1.57. The maximum Gasteiger partial charge on any atom is 0.192 e. The van der Waals surface area contributed by atoms with Gasteiger partial charge in [-0.15, -0.1) is 24.0 Å². The second kappa shape index (κ2) is 11.3. The van der Waals surface area contributed by atoms with Crippen molar-refractivity contribution in [2.45, 2.75) is 52.6 Å². The van der Waals surface area contributed by atoms with Crippen molar-refractivity contribution in [3.63, 3.8) is 0 Å². The van der Waals surface area contributed by atoms with Crippen LogP contribution in [0.15, 0.2) is 39.8 Å². The molecule has 28 heavy (non-hydrogen) atoms. The Morgan fingerprint density at radius 1 is 1.25 bits per heavy atom. The van der Waals surface area contributed by atoms with Crippen LogP contribution in [-0.4, -0.2) is 30.8 Å². The highest BCUT2D eigenvalue weighted by molar-refractivity contribution is 14.0. The summed E-state index contributed by atoms with van der Waals surface area (Å²) in [7, 11) is 0. The third-order valence-corrected chi connectivity index (χ3v) is 4.90. The van der Waals surface area contributed by atoms with E-state index in [1.54, 1.807) is 0 Å². The zero-order chi connectivity index (χ0) is 19.1. The number of guanidine groups is 1. The summed E-state index contributed by atoms with van der Waals surface area (Å²) >= 11 is 0. The first kappa shape index (κ1) is 22.5. The van der Waals surface area contributed by atoms with Crippen molar-refractivity contribution in [2.75, 3.05) is 24.5 Å². The number of benzene rings is 1. The largest absolute Gasteiger partial charge is 0.372 e. The van der Waals surface area contributed by atoms with Gasteiger partial charge in [0.1, 0.15) is 6.54 Å². The topological polar surface area (TPSA) is 65.7 Å². The van der Waals surface area contributed by atoms with Crippen molar-refractivity contribution in [1.82, 2.24) is 15.8 Å². The maximum absolute atomic E-state index is 5.33. The Labute approximate surface area is 185 Å². The van der Waals surface area contributed by atoms with Gasteiger partial charge in [0.15, 0.2) is 11.7 Å². The summed E-state index contributed by atoms with van der Waals surface area (Å²) in [6.07, 6.45) is 3.45. The average Bonchev–Trinajstić information content (AvgIpc) is 3.38. The second-order valence-electron chi connectivity index (χ2n) is 6.99. The fourth-order valence-electron chi connectivity index (χ4n) is 3.33. The Hall–Kier alpha value is -1.77. The summed E-state index contributed by atoms with van der Waals surface area (Å²) in [5, 5.41) is 10.8. The molecule has 1 saturated heterocycles. The molecule has 0 radical (unpaired) electrons. The van der Waals surface area contributed by atoms with E-state index in [0.29, 0.717) is 6.54 Å². The molecule has 1 aliphatic heterocycles. The molecule has 0 saturated carbocycles. The molecule has 0 amide bonds. The zero-order valence-electron chi connectivity index (χ0n) is 17.1. The van der Waals surface area contributed by atoms with Crippen LogP contribution in [0.1, 0.15) is 56.7 Å². The highest BCUT2D eigenvalue weighted by Crippen LogP contribution is 2.24. The van der Waals surface area contributed by atoms with Gasteiger partial charge in [-0.25, -0.2) is 4.99 Å². The van der Waals surface area contributed by atoms with Gasteiger partial charge in [-0.3, -0.25) is 0 Å². The van der Waals surface area contributed by atoms with Crippen molar-refractivity contribution < 1.29 is 4.52 Å². The second-order valence-corrected chi connectivity index (χ2v) is 6.99. The molecule has 1 aromatic heterocycles. The van der Waals surface area contributed by atoms with Crippen LogP contribution in [0.3, 0.4) is 0 Å². The number of halogens is 1. The average molecular weight is 497 g/mol. The van der Waals surface area contributed by atoms with Crippen LogP contribution in [0.5, 0.6) is 0 Å². The fraction of sp³-hybridized carbons (Fsp3) is 0.524. The molecule has 154 valence electrons. The molecule has 1 unspecified atom stereocenters. The quantitative estimate of drug-likeness (QED) is 0.340. The lowest BCUT2D eigenvalue weighted by Gasteiger charge is -2.22. The number of aliphatic imine (C=N–C) groups is 1. The molecule has 2 N–H and O–H groups in total. The monoisotopic (exact) mass is 497 g/mol. The van der Waals surface area contributed by atoms with Crippen LogP contribution in [-0.2, 0) is 13.0 Å². The van der Waals surface area contributed by atoms with Gasteiger partial charge < -0.3 is 20.1 Å². The third-order valence-electron chi connectivity index (χ3n) is 4.90. The van der Waals surface area contributed by atoms with Gasteiger partial charge in [0.05, 0.1) is 11.7 Å². The van der Waals surface area contributed by atoms with Crippen LogP contribution in [0.4, 0.5) is 5.69 Å². The van der Waals surface area contributed by atoms with E-state index in [-0.39, 0.29) is 30.0 Å². The molecule has 1 aliphatic rings. The SMILES string of the molecule is CCNC(=NCc1cc(CC)no1)NC(C)c1cccc(N2CCCC2)c1.I. The molecule has 1 atom stereocenters.